The highest BCUT2D eigenvalue weighted by atomic mass is 19.4. The van der Waals surface area contributed by atoms with E-state index in [-0.39, 0.29) is 18.3 Å². The van der Waals surface area contributed by atoms with Crippen LogP contribution in [-0.2, 0) is 16.4 Å². The first kappa shape index (κ1) is 20.6. The molecule has 1 amide bonds. The van der Waals surface area contributed by atoms with E-state index in [0.717, 1.165) is 6.07 Å². The number of ether oxygens (including phenoxy) is 4. The number of halogens is 3. The van der Waals surface area contributed by atoms with Crippen molar-refractivity contribution in [1.82, 2.24) is 4.98 Å². The summed E-state index contributed by atoms with van der Waals surface area (Å²) >= 11 is 0. The largest absolute Gasteiger partial charge is 0.491 e. The molecule has 1 unspecified atom stereocenters. The number of amides is 1. The van der Waals surface area contributed by atoms with Crippen molar-refractivity contribution in [3.8, 4) is 28.9 Å². The standard InChI is InChI=1S/C24H17F3N2O5/c1-29-15-5-2-6-16(34-21-13(24(25,26)27)4-3-7-28-21)20(15)23(22(29)30)12-33-17-11-19-18(10-14(17)23)31-8-9-32-19/h2-7,10-11H,8-9,12H2,1H3. The Morgan fingerprint density at radius 1 is 1.03 bits per heavy atom. The summed E-state index contributed by atoms with van der Waals surface area (Å²) in [6, 6.07) is 10.3. The minimum atomic E-state index is -4.66. The van der Waals surface area contributed by atoms with Crippen LogP contribution in [0.2, 0.25) is 0 Å². The molecule has 0 saturated heterocycles. The summed E-state index contributed by atoms with van der Waals surface area (Å²) in [5, 5.41) is 0. The van der Waals surface area contributed by atoms with Crippen molar-refractivity contribution in [3.05, 3.63) is 65.4 Å². The van der Waals surface area contributed by atoms with Crippen LogP contribution in [0.15, 0.2) is 48.7 Å². The minimum absolute atomic E-state index is 0.0455. The number of pyridine rings is 1. The fraction of sp³-hybridized carbons (Fsp3) is 0.250. The van der Waals surface area contributed by atoms with E-state index in [0.29, 0.717) is 47.3 Å². The summed E-state index contributed by atoms with van der Waals surface area (Å²) in [5.41, 5.74) is -0.864. The van der Waals surface area contributed by atoms with Gasteiger partial charge < -0.3 is 23.8 Å². The number of carbonyl (C=O) groups is 1. The van der Waals surface area contributed by atoms with Crippen LogP contribution in [0.5, 0.6) is 28.9 Å². The number of benzene rings is 2. The first-order valence-corrected chi connectivity index (χ1v) is 10.5. The smallest absolute Gasteiger partial charge is 0.421 e. The van der Waals surface area contributed by atoms with Crippen molar-refractivity contribution in [2.24, 2.45) is 0 Å². The van der Waals surface area contributed by atoms with Crippen molar-refractivity contribution in [2.75, 3.05) is 31.8 Å². The number of nitrogens with zero attached hydrogens (tertiary/aromatic N) is 2. The molecule has 0 N–H and O–H groups in total. The number of carbonyl (C=O) groups excluding carboxylic acids is 1. The van der Waals surface area contributed by atoms with E-state index in [9.17, 15) is 18.0 Å². The van der Waals surface area contributed by atoms with Crippen LogP contribution < -0.4 is 23.8 Å². The van der Waals surface area contributed by atoms with E-state index in [4.69, 9.17) is 18.9 Å². The molecule has 4 heterocycles. The molecule has 1 atom stereocenters. The first-order chi connectivity index (χ1) is 16.3. The second-order valence-corrected chi connectivity index (χ2v) is 8.16. The molecule has 3 aliphatic rings. The molecular weight excluding hydrogens is 453 g/mol. The lowest BCUT2D eigenvalue weighted by molar-refractivity contribution is -0.139. The van der Waals surface area contributed by atoms with Gasteiger partial charge in [0.05, 0.1) is 5.69 Å². The lowest BCUT2D eigenvalue weighted by Crippen LogP contribution is -2.41. The zero-order chi connectivity index (χ0) is 23.7. The number of hydrogen-bond acceptors (Lipinski definition) is 6. The van der Waals surface area contributed by atoms with Crippen LogP contribution >= 0.6 is 0 Å². The monoisotopic (exact) mass is 470 g/mol. The molecule has 3 aromatic rings. The molecule has 1 spiro atoms. The average molecular weight is 470 g/mol. The Balaban J connectivity index is 1.54. The van der Waals surface area contributed by atoms with Gasteiger partial charge >= 0.3 is 6.18 Å². The van der Waals surface area contributed by atoms with Gasteiger partial charge in [-0.25, -0.2) is 4.98 Å². The Morgan fingerprint density at radius 3 is 2.56 bits per heavy atom. The molecule has 0 fully saturated rings. The Hall–Kier alpha value is -3.95. The number of anilines is 1. The summed E-state index contributed by atoms with van der Waals surface area (Å²) in [6.07, 6.45) is -3.44. The fourth-order valence-corrected chi connectivity index (χ4v) is 4.78. The second-order valence-electron chi connectivity index (χ2n) is 8.16. The van der Waals surface area contributed by atoms with E-state index >= 15 is 0 Å². The Morgan fingerprint density at radius 2 is 1.79 bits per heavy atom. The van der Waals surface area contributed by atoms with E-state index in [1.165, 1.54) is 23.2 Å². The normalized spacial score (nSPS) is 20.2. The fourth-order valence-electron chi connectivity index (χ4n) is 4.78. The number of fused-ring (bicyclic) bond motifs is 5. The topological polar surface area (TPSA) is 70.1 Å². The maximum Gasteiger partial charge on any atom is 0.421 e. The third-order valence-corrected chi connectivity index (χ3v) is 6.29. The molecule has 1 aromatic heterocycles. The molecule has 174 valence electrons. The van der Waals surface area contributed by atoms with Gasteiger partial charge in [0.15, 0.2) is 11.5 Å². The molecule has 0 bridgehead atoms. The molecule has 34 heavy (non-hydrogen) atoms. The SMILES string of the molecule is CN1C(=O)C2(COc3cc4c(cc32)OCCO4)c2c(Oc3ncccc3C(F)(F)F)cccc21. The minimum Gasteiger partial charge on any atom is -0.491 e. The van der Waals surface area contributed by atoms with Crippen molar-refractivity contribution < 1.29 is 36.9 Å². The van der Waals surface area contributed by atoms with Crippen LogP contribution in [-0.4, -0.2) is 37.8 Å². The zero-order valence-corrected chi connectivity index (χ0v) is 17.8. The van der Waals surface area contributed by atoms with E-state index in [1.54, 1.807) is 31.3 Å². The third-order valence-electron chi connectivity index (χ3n) is 6.29. The first-order valence-electron chi connectivity index (χ1n) is 10.5. The van der Waals surface area contributed by atoms with Gasteiger partial charge in [-0.05, 0) is 30.3 Å². The maximum absolute atomic E-state index is 13.7. The molecule has 0 aliphatic carbocycles. The van der Waals surface area contributed by atoms with Gasteiger partial charge in [-0.2, -0.15) is 13.2 Å². The van der Waals surface area contributed by atoms with Gasteiger partial charge in [0.2, 0.25) is 11.8 Å². The van der Waals surface area contributed by atoms with E-state index in [2.05, 4.69) is 4.98 Å². The number of hydrogen-bond donors (Lipinski definition) is 0. The van der Waals surface area contributed by atoms with Gasteiger partial charge in [0.1, 0.15) is 42.3 Å². The van der Waals surface area contributed by atoms with Crippen LogP contribution in [0.3, 0.4) is 0 Å². The lowest BCUT2D eigenvalue weighted by Gasteiger charge is -2.25. The molecule has 10 heteroatoms. The van der Waals surface area contributed by atoms with Crippen molar-refractivity contribution in [3.63, 3.8) is 0 Å². The molecule has 0 saturated carbocycles. The van der Waals surface area contributed by atoms with Crippen LogP contribution in [0.25, 0.3) is 0 Å². The summed E-state index contributed by atoms with van der Waals surface area (Å²) in [4.78, 5) is 18.9. The lowest BCUT2D eigenvalue weighted by atomic mass is 9.76. The summed E-state index contributed by atoms with van der Waals surface area (Å²) in [6.45, 7) is 0.708. The van der Waals surface area contributed by atoms with Crippen molar-refractivity contribution >= 4 is 11.6 Å². The van der Waals surface area contributed by atoms with E-state index in [1.807, 2.05) is 0 Å². The molecule has 7 nitrogen and oxygen atoms in total. The predicted octanol–water partition coefficient (Wildman–Crippen LogP) is 4.32. The van der Waals surface area contributed by atoms with Crippen LogP contribution in [0, 0.1) is 0 Å². The van der Waals surface area contributed by atoms with Crippen LogP contribution in [0.1, 0.15) is 16.7 Å². The zero-order valence-electron chi connectivity index (χ0n) is 17.8. The highest BCUT2D eigenvalue weighted by Crippen LogP contribution is 2.57. The Labute approximate surface area is 191 Å². The molecule has 2 aromatic carbocycles. The van der Waals surface area contributed by atoms with Gasteiger partial charge in [0.25, 0.3) is 0 Å². The Kier molecular flexibility index (Phi) is 4.26. The van der Waals surface area contributed by atoms with Crippen molar-refractivity contribution in [1.29, 1.82) is 0 Å². The summed E-state index contributed by atoms with van der Waals surface area (Å²) < 4.78 is 63.7. The van der Waals surface area contributed by atoms with Gasteiger partial charge in [-0.3, -0.25) is 4.79 Å². The van der Waals surface area contributed by atoms with Gasteiger partial charge in [-0.1, -0.05) is 6.07 Å². The number of aromatic nitrogens is 1. The van der Waals surface area contributed by atoms with E-state index < -0.39 is 23.0 Å². The highest BCUT2D eigenvalue weighted by molar-refractivity contribution is 6.12. The molecular formula is C24H17F3N2O5. The van der Waals surface area contributed by atoms with Gasteiger partial charge in [-0.15, -0.1) is 0 Å². The maximum atomic E-state index is 13.7. The number of rotatable bonds is 2. The Bertz CT molecular complexity index is 1340. The third kappa shape index (κ3) is 2.77. The van der Waals surface area contributed by atoms with Gasteiger partial charge in [0, 0.05) is 30.4 Å². The molecule has 3 aliphatic heterocycles. The number of alkyl halides is 3. The average Bonchev–Trinajstić information content (AvgIpc) is 3.29. The molecule has 0 radical (unpaired) electrons. The quantitative estimate of drug-likeness (QED) is 0.556. The summed E-state index contributed by atoms with van der Waals surface area (Å²) in [5.74, 6) is 0.635. The predicted molar refractivity (Wildman–Crippen MR) is 113 cm³/mol. The summed E-state index contributed by atoms with van der Waals surface area (Å²) in [7, 11) is 1.61. The van der Waals surface area contributed by atoms with Crippen LogP contribution in [0.4, 0.5) is 18.9 Å². The second kappa shape index (κ2) is 7.02. The number of likely N-dealkylation sites (N-methyl/N-ethyl adjacent to an activating group) is 1. The molecule has 6 rings (SSSR count). The highest BCUT2D eigenvalue weighted by Gasteiger charge is 2.58. The van der Waals surface area contributed by atoms with Crippen molar-refractivity contribution in [2.45, 2.75) is 11.6 Å².